The summed E-state index contributed by atoms with van der Waals surface area (Å²) in [4.78, 5) is 25.3. The van der Waals surface area contributed by atoms with E-state index in [9.17, 15) is 9.59 Å². The lowest BCUT2D eigenvalue weighted by molar-refractivity contribution is -0.162. The summed E-state index contributed by atoms with van der Waals surface area (Å²) in [5.41, 5.74) is 0. The van der Waals surface area contributed by atoms with Crippen LogP contribution in [0, 0.1) is 0 Å². The molecule has 0 N–H and O–H groups in total. The number of carbonyl (C=O) groups is 2. The fourth-order valence-corrected chi connectivity index (χ4v) is 5.49. The van der Waals surface area contributed by atoms with Crippen LogP contribution in [-0.2, 0) is 23.8 Å². The zero-order chi connectivity index (χ0) is 46.3. The molecule has 0 aliphatic heterocycles. The Morgan fingerprint density at radius 2 is 0.672 bits per heavy atom. The topological polar surface area (TPSA) is 61.8 Å². The van der Waals surface area contributed by atoms with Crippen LogP contribution < -0.4 is 0 Å². The van der Waals surface area contributed by atoms with Crippen LogP contribution in [0.5, 0.6) is 0 Å². The second kappa shape index (κ2) is 52.3. The number of hydrogen-bond donors (Lipinski definition) is 0. The molecule has 352 valence electrons. The van der Waals surface area contributed by atoms with Crippen LogP contribution in [0.3, 0.4) is 0 Å². The fraction of sp³-hybridized carbons (Fsp3) is 0.458. The largest absolute Gasteiger partial charge is 0.462 e. The Kier molecular flexibility index (Phi) is 48.3. The average Bonchev–Trinajstić information content (AvgIpc) is 3.30. The van der Waals surface area contributed by atoms with Gasteiger partial charge >= 0.3 is 11.9 Å². The molecule has 0 bridgehead atoms. The van der Waals surface area contributed by atoms with E-state index in [2.05, 4.69) is 185 Å². The smallest absolute Gasteiger partial charge is 0.310 e. The van der Waals surface area contributed by atoms with Gasteiger partial charge in [-0.2, -0.15) is 0 Å². The molecule has 0 saturated carbocycles. The normalized spacial score (nSPS) is 13.9. The molecule has 0 saturated heterocycles. The minimum atomic E-state index is -0.664. The van der Waals surface area contributed by atoms with Crippen LogP contribution in [0.15, 0.2) is 182 Å². The van der Waals surface area contributed by atoms with Crippen molar-refractivity contribution in [1.29, 1.82) is 0 Å². The quantitative estimate of drug-likeness (QED) is 0.0348. The molecule has 0 aliphatic carbocycles. The second-order valence-electron chi connectivity index (χ2n) is 14.9. The molecule has 64 heavy (non-hydrogen) atoms. The third-order valence-corrected chi connectivity index (χ3v) is 8.96. The van der Waals surface area contributed by atoms with E-state index in [4.69, 9.17) is 14.2 Å². The summed E-state index contributed by atoms with van der Waals surface area (Å²) < 4.78 is 17.1. The monoisotopic (exact) mass is 875 g/mol. The van der Waals surface area contributed by atoms with E-state index < -0.39 is 6.10 Å². The van der Waals surface area contributed by atoms with E-state index in [1.165, 1.54) is 0 Å². The lowest BCUT2D eigenvalue weighted by atomic mass is 10.2. The summed E-state index contributed by atoms with van der Waals surface area (Å²) in [6.45, 7) is 7.11. The first-order valence-electron chi connectivity index (χ1n) is 24.3. The average molecular weight is 875 g/mol. The first-order chi connectivity index (χ1) is 31.6. The SMILES string of the molecule is CC/C=C\C/C=C\C/C=C\C/C=C\C/C=C\C/C=C\CCC(=O)OCC(COCCC/C=C\C/C=C\C/C=C\C/C=C\CC)OC(=O)C/C=C\C/C=C\C/C=C\C/C=C\C/C=C\CC. The van der Waals surface area contributed by atoms with Gasteiger partial charge in [-0.05, 0) is 116 Å². The number of hydrogen-bond acceptors (Lipinski definition) is 5. The molecule has 0 radical (unpaired) electrons. The number of esters is 2. The third-order valence-electron chi connectivity index (χ3n) is 8.96. The number of rotatable bonds is 41. The lowest BCUT2D eigenvalue weighted by Gasteiger charge is -2.18. The fourth-order valence-electron chi connectivity index (χ4n) is 5.49. The Bertz CT molecular complexity index is 1550. The van der Waals surface area contributed by atoms with Crippen molar-refractivity contribution in [3.63, 3.8) is 0 Å². The van der Waals surface area contributed by atoms with Crippen molar-refractivity contribution in [2.75, 3.05) is 19.8 Å². The van der Waals surface area contributed by atoms with Gasteiger partial charge < -0.3 is 14.2 Å². The molecule has 0 fully saturated rings. The maximum absolute atomic E-state index is 12.7. The molecule has 5 heteroatoms. The van der Waals surface area contributed by atoms with Crippen molar-refractivity contribution in [1.82, 2.24) is 0 Å². The van der Waals surface area contributed by atoms with Crippen LogP contribution in [-0.4, -0.2) is 37.9 Å². The van der Waals surface area contributed by atoms with Crippen LogP contribution in [0.25, 0.3) is 0 Å². The Morgan fingerprint density at radius 1 is 0.359 bits per heavy atom. The standard InChI is InChI=1S/C59H86O5/c1-4-7-10-13-16-19-22-25-28-29-30-31-33-34-37-40-43-46-49-52-58(60)63-56-57(55-62-54-51-48-45-42-39-36-27-24-21-18-15-12-9-6-3)64-59(61)53-50-47-44-41-38-35-32-26-23-20-17-14-11-8-5-2/h7-12,16-21,25-28,30-32,34,36-38,41-43,45-47,50,57H,4-6,13-15,22-24,29,33,35,39-40,44,48-49,51-56H2,1-3H3/b10-7-,11-8-,12-9-,19-16-,20-17-,21-18-,28-25-,31-30-,32-26-,36-27-,37-34-,41-38-,45-42-,46-43-,50-47-. The van der Waals surface area contributed by atoms with Gasteiger partial charge in [0.1, 0.15) is 6.61 Å². The van der Waals surface area contributed by atoms with Gasteiger partial charge in [0.05, 0.1) is 13.0 Å². The highest BCUT2D eigenvalue weighted by atomic mass is 16.6. The lowest BCUT2D eigenvalue weighted by Crippen LogP contribution is -2.29. The Morgan fingerprint density at radius 3 is 1.03 bits per heavy atom. The predicted octanol–water partition coefficient (Wildman–Crippen LogP) is 16.7. The minimum Gasteiger partial charge on any atom is -0.462 e. The van der Waals surface area contributed by atoms with Crippen molar-refractivity contribution in [2.24, 2.45) is 0 Å². The molecular weight excluding hydrogens is 789 g/mol. The van der Waals surface area contributed by atoms with Gasteiger partial charge in [-0.1, -0.05) is 203 Å². The predicted molar refractivity (Wildman–Crippen MR) is 278 cm³/mol. The van der Waals surface area contributed by atoms with Crippen LogP contribution in [0.4, 0.5) is 0 Å². The van der Waals surface area contributed by atoms with Crippen molar-refractivity contribution in [3.8, 4) is 0 Å². The molecule has 0 aliphatic rings. The van der Waals surface area contributed by atoms with E-state index in [0.29, 0.717) is 13.0 Å². The van der Waals surface area contributed by atoms with E-state index in [1.807, 2.05) is 18.2 Å². The molecule has 0 aromatic carbocycles. The van der Waals surface area contributed by atoms with Gasteiger partial charge in [0.15, 0.2) is 6.10 Å². The van der Waals surface area contributed by atoms with Crippen molar-refractivity contribution < 1.29 is 23.8 Å². The molecule has 0 rings (SSSR count). The molecule has 1 atom stereocenters. The Hall–Kier alpha value is -5.00. The summed E-state index contributed by atoms with van der Waals surface area (Å²) in [7, 11) is 0. The summed E-state index contributed by atoms with van der Waals surface area (Å²) in [5.74, 6) is -0.693. The second-order valence-corrected chi connectivity index (χ2v) is 14.9. The van der Waals surface area contributed by atoms with Gasteiger partial charge in [-0.15, -0.1) is 0 Å². The Balaban J connectivity index is 4.64. The van der Waals surface area contributed by atoms with Gasteiger partial charge in [-0.25, -0.2) is 0 Å². The molecule has 0 aromatic rings. The van der Waals surface area contributed by atoms with E-state index in [0.717, 1.165) is 109 Å². The molecule has 0 heterocycles. The number of carbonyl (C=O) groups excluding carboxylic acids is 2. The van der Waals surface area contributed by atoms with Gasteiger partial charge in [0, 0.05) is 13.0 Å². The first-order valence-corrected chi connectivity index (χ1v) is 24.3. The molecule has 1 unspecified atom stereocenters. The number of allylic oxidation sites excluding steroid dienone is 29. The van der Waals surface area contributed by atoms with Crippen LogP contribution in [0.2, 0.25) is 0 Å². The van der Waals surface area contributed by atoms with Crippen molar-refractivity contribution in [2.45, 2.75) is 155 Å². The highest BCUT2D eigenvalue weighted by Crippen LogP contribution is 2.06. The third kappa shape index (κ3) is 49.7. The Labute approximate surface area is 391 Å². The molecule has 0 amide bonds. The maximum Gasteiger partial charge on any atom is 0.310 e. The number of ether oxygens (including phenoxy) is 3. The molecular formula is C59H86O5. The van der Waals surface area contributed by atoms with Crippen LogP contribution in [0.1, 0.15) is 149 Å². The van der Waals surface area contributed by atoms with E-state index in [-0.39, 0.29) is 38.0 Å². The summed E-state index contributed by atoms with van der Waals surface area (Å²) in [6.07, 6.45) is 80.9. The van der Waals surface area contributed by atoms with E-state index in [1.54, 1.807) is 0 Å². The van der Waals surface area contributed by atoms with Crippen molar-refractivity contribution >= 4 is 11.9 Å². The highest BCUT2D eigenvalue weighted by molar-refractivity contribution is 5.71. The zero-order valence-electron chi connectivity index (χ0n) is 40.2. The highest BCUT2D eigenvalue weighted by Gasteiger charge is 2.17. The van der Waals surface area contributed by atoms with Gasteiger partial charge in [-0.3, -0.25) is 9.59 Å². The van der Waals surface area contributed by atoms with Crippen LogP contribution >= 0.6 is 0 Å². The van der Waals surface area contributed by atoms with E-state index >= 15 is 0 Å². The summed E-state index contributed by atoms with van der Waals surface area (Å²) >= 11 is 0. The molecule has 5 nitrogen and oxygen atoms in total. The maximum atomic E-state index is 12.7. The molecule has 0 spiro atoms. The van der Waals surface area contributed by atoms with Crippen molar-refractivity contribution in [3.05, 3.63) is 182 Å². The summed E-state index contributed by atoms with van der Waals surface area (Å²) in [5, 5.41) is 0. The first kappa shape index (κ1) is 59.0. The zero-order valence-corrected chi connectivity index (χ0v) is 40.2. The van der Waals surface area contributed by atoms with Gasteiger partial charge in [0.2, 0.25) is 0 Å². The van der Waals surface area contributed by atoms with Gasteiger partial charge in [0.25, 0.3) is 0 Å². The summed E-state index contributed by atoms with van der Waals surface area (Å²) in [6, 6.07) is 0. The number of unbranched alkanes of at least 4 members (excludes halogenated alkanes) is 1. The minimum absolute atomic E-state index is 0.0309. The molecule has 0 aromatic heterocycles.